The van der Waals surface area contributed by atoms with E-state index < -0.39 is 0 Å². The van der Waals surface area contributed by atoms with E-state index in [2.05, 4.69) is 64.8 Å². The number of nitrogens with one attached hydrogen (secondary N) is 2. The van der Waals surface area contributed by atoms with Crippen molar-refractivity contribution < 1.29 is 0 Å². The minimum atomic E-state index is 0.264. The van der Waals surface area contributed by atoms with Crippen molar-refractivity contribution in [3.8, 4) is 0 Å². The second-order valence-corrected chi connectivity index (χ2v) is 9.04. The number of aryl methyl sites for hydroxylation is 1. The van der Waals surface area contributed by atoms with Gasteiger partial charge in [-0.05, 0) is 69.3 Å². The van der Waals surface area contributed by atoms with Gasteiger partial charge >= 0.3 is 0 Å². The van der Waals surface area contributed by atoms with Crippen LogP contribution in [-0.4, -0.2) is 15.5 Å². The number of aromatic amines is 1. The van der Waals surface area contributed by atoms with Crippen molar-refractivity contribution in [2.45, 2.75) is 92.7 Å². The van der Waals surface area contributed by atoms with E-state index in [0.29, 0.717) is 5.92 Å². The minimum Gasteiger partial charge on any atom is -0.344 e. The van der Waals surface area contributed by atoms with Crippen molar-refractivity contribution in [3.63, 3.8) is 0 Å². The second kappa shape index (κ2) is 8.53. The first-order chi connectivity index (χ1) is 11.7. The van der Waals surface area contributed by atoms with E-state index in [9.17, 15) is 0 Å². The molecule has 1 aliphatic carbocycles. The summed E-state index contributed by atoms with van der Waals surface area (Å²) in [6.07, 6.45) is 8.51. The Hall–Kier alpha value is -1.09. The van der Waals surface area contributed by atoms with Crippen LogP contribution in [0.4, 0.5) is 0 Å². The zero-order chi connectivity index (χ0) is 18.6. The molecule has 0 aromatic carbocycles. The first-order valence-corrected chi connectivity index (χ1v) is 10.2. The molecule has 1 aromatic rings. The fourth-order valence-electron chi connectivity index (χ4n) is 5.10. The lowest BCUT2D eigenvalue weighted by Gasteiger charge is -2.45. The summed E-state index contributed by atoms with van der Waals surface area (Å²) in [6.45, 7) is 16.8. The molecule has 25 heavy (non-hydrogen) atoms. The van der Waals surface area contributed by atoms with Gasteiger partial charge in [-0.15, -0.1) is 0 Å². The average Bonchev–Trinajstić information content (AvgIpc) is 2.85. The maximum Gasteiger partial charge on any atom is 0.121 e. The highest BCUT2D eigenvalue weighted by molar-refractivity contribution is 5.62. The second-order valence-electron chi connectivity index (χ2n) is 9.04. The average molecular weight is 346 g/mol. The predicted molar refractivity (Wildman–Crippen MR) is 108 cm³/mol. The molecule has 1 aromatic heterocycles. The van der Waals surface area contributed by atoms with Gasteiger partial charge in [-0.3, -0.25) is 0 Å². The van der Waals surface area contributed by atoms with Crippen molar-refractivity contribution in [2.75, 3.05) is 0 Å². The molecule has 1 saturated carbocycles. The molecule has 3 heteroatoms. The number of hydrogen-bond acceptors (Lipinski definition) is 2. The summed E-state index contributed by atoms with van der Waals surface area (Å²) in [5.41, 5.74) is 3.85. The topological polar surface area (TPSA) is 40.7 Å². The molecule has 142 valence electrons. The first-order valence-electron chi connectivity index (χ1n) is 10.2. The molecule has 2 atom stereocenters. The molecule has 1 aliphatic rings. The zero-order valence-corrected chi connectivity index (χ0v) is 17.5. The van der Waals surface area contributed by atoms with E-state index in [-0.39, 0.29) is 5.54 Å². The Balaban J connectivity index is 2.13. The molecule has 0 saturated heterocycles. The van der Waals surface area contributed by atoms with Gasteiger partial charge in [0.25, 0.3) is 0 Å². The maximum absolute atomic E-state index is 4.87. The number of imidazole rings is 1. The molecule has 0 aliphatic heterocycles. The van der Waals surface area contributed by atoms with Gasteiger partial charge in [-0.1, -0.05) is 40.7 Å². The Morgan fingerprint density at radius 2 is 1.96 bits per heavy atom. The minimum absolute atomic E-state index is 0.264. The standard InChI is InChI=1S/C22H39N3/c1-8-9-18(6)21-19(7)24-20(25-21)14-23-22(11-15(2)3)12-16(4)10-17(5)13-22/h9,15-17,23H,8,10-14H2,1-7H3,(H,24,25). The van der Waals surface area contributed by atoms with Gasteiger partial charge in [-0.25, -0.2) is 4.98 Å². The summed E-state index contributed by atoms with van der Waals surface area (Å²) in [7, 11) is 0. The Bertz CT molecular complexity index is 567. The quantitative estimate of drug-likeness (QED) is 0.649. The van der Waals surface area contributed by atoms with E-state index >= 15 is 0 Å². The van der Waals surface area contributed by atoms with Crippen LogP contribution >= 0.6 is 0 Å². The molecule has 2 unspecified atom stereocenters. The van der Waals surface area contributed by atoms with Crippen LogP contribution in [0.25, 0.3) is 5.57 Å². The summed E-state index contributed by atoms with van der Waals surface area (Å²) >= 11 is 0. The van der Waals surface area contributed by atoms with Crippen LogP contribution < -0.4 is 5.32 Å². The van der Waals surface area contributed by atoms with Crippen molar-refractivity contribution >= 4 is 5.57 Å². The van der Waals surface area contributed by atoms with Crippen LogP contribution in [0.3, 0.4) is 0 Å². The molecule has 0 radical (unpaired) electrons. The molecular formula is C22H39N3. The SMILES string of the molecule is CCC=C(C)c1nc(CNC2(CC(C)C)CC(C)CC(C)C2)[nH]c1C. The summed E-state index contributed by atoms with van der Waals surface area (Å²) in [6, 6.07) is 0. The number of aromatic nitrogens is 2. The van der Waals surface area contributed by atoms with Gasteiger partial charge in [-0.2, -0.15) is 0 Å². The van der Waals surface area contributed by atoms with Crippen LogP contribution in [0, 0.1) is 24.7 Å². The summed E-state index contributed by atoms with van der Waals surface area (Å²) in [5, 5.41) is 3.94. The molecule has 0 bridgehead atoms. The third kappa shape index (κ3) is 5.44. The van der Waals surface area contributed by atoms with Gasteiger partial charge < -0.3 is 10.3 Å². The predicted octanol–water partition coefficient (Wildman–Crippen LogP) is 5.86. The van der Waals surface area contributed by atoms with Gasteiger partial charge in [0.05, 0.1) is 12.2 Å². The van der Waals surface area contributed by atoms with E-state index in [1.54, 1.807) is 0 Å². The molecule has 1 fully saturated rings. The van der Waals surface area contributed by atoms with Crippen LogP contribution in [-0.2, 0) is 6.54 Å². The normalized spacial score (nSPS) is 27.9. The van der Waals surface area contributed by atoms with Crippen LogP contribution in [0.15, 0.2) is 6.08 Å². The Kier molecular flexibility index (Phi) is 6.90. The molecular weight excluding hydrogens is 306 g/mol. The van der Waals surface area contributed by atoms with Crippen LogP contribution in [0.2, 0.25) is 0 Å². The third-order valence-corrected chi connectivity index (χ3v) is 5.53. The monoisotopic (exact) mass is 345 g/mol. The largest absolute Gasteiger partial charge is 0.344 e. The van der Waals surface area contributed by atoms with Gasteiger partial charge in [0.15, 0.2) is 0 Å². The maximum atomic E-state index is 4.87. The Labute approximate surface area is 155 Å². The lowest BCUT2D eigenvalue weighted by molar-refractivity contribution is 0.118. The Morgan fingerprint density at radius 1 is 1.32 bits per heavy atom. The molecule has 3 nitrogen and oxygen atoms in total. The molecule has 1 heterocycles. The van der Waals surface area contributed by atoms with Gasteiger partial charge in [0.1, 0.15) is 5.82 Å². The highest BCUT2D eigenvalue weighted by Crippen LogP contribution is 2.39. The highest BCUT2D eigenvalue weighted by Gasteiger charge is 2.38. The molecule has 0 spiro atoms. The molecule has 0 amide bonds. The lowest BCUT2D eigenvalue weighted by atomic mass is 9.68. The zero-order valence-electron chi connectivity index (χ0n) is 17.5. The van der Waals surface area contributed by atoms with Crippen molar-refractivity contribution in [3.05, 3.63) is 23.3 Å². The van der Waals surface area contributed by atoms with Crippen LogP contribution in [0.1, 0.15) is 90.9 Å². The van der Waals surface area contributed by atoms with E-state index in [4.69, 9.17) is 4.98 Å². The van der Waals surface area contributed by atoms with Gasteiger partial charge in [0.2, 0.25) is 0 Å². The third-order valence-electron chi connectivity index (χ3n) is 5.53. The Morgan fingerprint density at radius 3 is 2.52 bits per heavy atom. The number of hydrogen-bond donors (Lipinski definition) is 2. The molecule has 2 N–H and O–H groups in total. The van der Waals surface area contributed by atoms with E-state index in [1.165, 1.54) is 37.0 Å². The van der Waals surface area contributed by atoms with Crippen LogP contribution in [0.5, 0.6) is 0 Å². The van der Waals surface area contributed by atoms with E-state index in [0.717, 1.165) is 36.3 Å². The lowest BCUT2D eigenvalue weighted by Crippen LogP contribution is -2.50. The fourth-order valence-corrected chi connectivity index (χ4v) is 5.10. The summed E-state index contributed by atoms with van der Waals surface area (Å²) in [5.74, 6) is 3.40. The number of rotatable bonds is 7. The number of nitrogens with zero attached hydrogens (tertiary/aromatic N) is 1. The van der Waals surface area contributed by atoms with Crippen molar-refractivity contribution in [2.24, 2.45) is 17.8 Å². The fraction of sp³-hybridized carbons (Fsp3) is 0.773. The van der Waals surface area contributed by atoms with Crippen molar-refractivity contribution in [1.82, 2.24) is 15.3 Å². The smallest absolute Gasteiger partial charge is 0.121 e. The number of allylic oxidation sites excluding steroid dienone is 2. The van der Waals surface area contributed by atoms with Crippen molar-refractivity contribution in [1.29, 1.82) is 0 Å². The summed E-state index contributed by atoms with van der Waals surface area (Å²) in [4.78, 5) is 8.38. The highest BCUT2D eigenvalue weighted by atomic mass is 15.0. The molecule has 2 rings (SSSR count). The first kappa shape index (κ1) is 20.2. The number of H-pyrrole nitrogens is 1. The van der Waals surface area contributed by atoms with E-state index in [1.807, 2.05) is 0 Å². The van der Waals surface area contributed by atoms with Gasteiger partial charge in [0, 0.05) is 11.2 Å². The summed E-state index contributed by atoms with van der Waals surface area (Å²) < 4.78 is 0.